The van der Waals surface area contributed by atoms with Gasteiger partial charge in [0.05, 0.1) is 22.8 Å². The van der Waals surface area contributed by atoms with Crippen LogP contribution in [0.25, 0.3) is 0 Å². The smallest absolute Gasteiger partial charge is 3.00 e. The van der Waals surface area contributed by atoms with Crippen LogP contribution < -0.4 is 0 Å². The number of hydrogen-bond donors (Lipinski definition) is 0. The van der Waals surface area contributed by atoms with Crippen LogP contribution in [0.15, 0.2) is 69.2 Å². The van der Waals surface area contributed by atoms with Crippen LogP contribution in [0.4, 0.5) is 25.2 Å². The first-order valence-electron chi connectivity index (χ1n) is 9.99. The molecule has 38 heavy (non-hydrogen) atoms. The molecular weight excluding hydrogens is 617 g/mol. The third kappa shape index (κ3) is 22.7. The van der Waals surface area contributed by atoms with Gasteiger partial charge in [0.25, 0.3) is 0 Å². The molecule has 0 spiro atoms. The number of pyridine rings is 2. The zero-order chi connectivity index (χ0) is 28.9. The van der Waals surface area contributed by atoms with E-state index in [1.807, 2.05) is 78.4 Å². The quantitative estimate of drug-likeness (QED) is 0.0783. The van der Waals surface area contributed by atoms with E-state index in [0.29, 0.717) is 10.3 Å². The monoisotopic (exact) mass is 643 g/mol. The molecule has 0 aliphatic heterocycles. The third-order valence-electron chi connectivity index (χ3n) is 3.41. The van der Waals surface area contributed by atoms with Gasteiger partial charge in [-0.3, -0.25) is 9.97 Å². The standard InChI is InChI=1S/2C10H14N4S.F6P.Fe/c2*1-8(9-6-4-5-7-11-9)12-13-10(15)14(2)3;1-7(2,3,4,5)6;/h2*4-7H,1-3H3,(H,13,15);;/q;;-1;+3/p-2/b2*12-8+;;. The van der Waals surface area contributed by atoms with Crippen molar-refractivity contribution in [3.63, 3.8) is 0 Å². The van der Waals surface area contributed by atoms with Crippen LogP contribution in [-0.2, 0) is 42.3 Å². The van der Waals surface area contributed by atoms with Crippen molar-refractivity contribution in [2.45, 2.75) is 13.8 Å². The van der Waals surface area contributed by atoms with Gasteiger partial charge in [-0.05, 0) is 38.1 Å². The first kappa shape index (κ1) is 37.7. The Balaban J connectivity index is 0. The molecule has 0 unspecified atom stereocenters. The molecule has 0 bridgehead atoms. The Labute approximate surface area is 239 Å². The third-order valence-corrected chi connectivity index (χ3v) is 4.30. The average molecular weight is 643 g/mol. The Morgan fingerprint density at radius 3 is 1.16 bits per heavy atom. The molecule has 0 aliphatic carbocycles. The number of amidine groups is 2. The van der Waals surface area contributed by atoms with Crippen molar-refractivity contribution in [3.8, 4) is 0 Å². The van der Waals surface area contributed by atoms with E-state index in [1.54, 1.807) is 22.2 Å². The van der Waals surface area contributed by atoms with E-state index in [1.165, 1.54) is 0 Å². The van der Waals surface area contributed by atoms with Gasteiger partial charge < -0.3 is 35.1 Å². The van der Waals surface area contributed by atoms with E-state index in [0.717, 1.165) is 22.8 Å². The summed E-state index contributed by atoms with van der Waals surface area (Å²) < 4.78 is 59.2. The zero-order valence-corrected chi connectivity index (χ0v) is 24.7. The van der Waals surface area contributed by atoms with E-state index < -0.39 is 7.81 Å². The Morgan fingerprint density at radius 1 is 0.658 bits per heavy atom. The Morgan fingerprint density at radius 2 is 0.947 bits per heavy atom. The van der Waals surface area contributed by atoms with E-state index in [4.69, 9.17) is 25.3 Å². The normalized spacial score (nSPS) is 14.3. The number of nitrogens with zero attached hydrogens (tertiary/aromatic N) is 8. The largest absolute Gasteiger partial charge is 3.00 e. The molecule has 1 radical (unpaired) electrons. The van der Waals surface area contributed by atoms with Crippen LogP contribution in [0.2, 0.25) is 0 Å². The maximum atomic E-state index is 9.87. The Bertz CT molecular complexity index is 1030. The van der Waals surface area contributed by atoms with Crippen molar-refractivity contribution in [1.82, 2.24) is 19.8 Å². The fourth-order valence-electron chi connectivity index (χ4n) is 1.67. The minimum absolute atomic E-state index is 0. The fraction of sp³-hybridized carbons (Fsp3) is 0.300. The van der Waals surface area contributed by atoms with E-state index >= 15 is 0 Å². The number of hydrogen-bond acceptors (Lipinski definition) is 8. The van der Waals surface area contributed by atoms with Crippen molar-refractivity contribution < 1.29 is 42.3 Å². The summed E-state index contributed by atoms with van der Waals surface area (Å²) in [5.74, 6) is 0. The SMILES string of the molecule is C/C(=N\N=C(/[S-])N(C)C)c1ccccn1.C/C(=N\N=C(/[S-])N(C)C)c1ccccn1.F[P-](F)(F)(F)(F)F.[Fe+3]. The van der Waals surface area contributed by atoms with Gasteiger partial charge in [0, 0.05) is 50.9 Å². The van der Waals surface area contributed by atoms with Gasteiger partial charge in [-0.2, -0.15) is 20.4 Å². The summed E-state index contributed by atoms with van der Waals surface area (Å²) in [6, 6.07) is 11.3. The van der Waals surface area contributed by atoms with E-state index in [2.05, 4.69) is 30.4 Å². The molecule has 0 aromatic carbocycles. The first-order valence-corrected chi connectivity index (χ1v) is 12.8. The summed E-state index contributed by atoms with van der Waals surface area (Å²) in [5.41, 5.74) is 3.12. The van der Waals surface area contributed by atoms with E-state index in [-0.39, 0.29) is 17.1 Å². The van der Waals surface area contributed by atoms with Crippen molar-refractivity contribution in [2.24, 2.45) is 20.4 Å². The summed E-state index contributed by atoms with van der Waals surface area (Å²) in [5, 5.41) is 16.7. The molecule has 213 valence electrons. The molecule has 0 saturated carbocycles. The van der Waals surface area contributed by atoms with Crippen molar-refractivity contribution in [1.29, 1.82) is 0 Å². The number of halogens is 6. The molecule has 2 aromatic rings. The van der Waals surface area contributed by atoms with Crippen molar-refractivity contribution >= 4 is 54.8 Å². The van der Waals surface area contributed by atoms with Gasteiger partial charge in [0.2, 0.25) is 0 Å². The van der Waals surface area contributed by atoms with Gasteiger partial charge in [0.1, 0.15) is 0 Å². The molecule has 8 nitrogen and oxygen atoms in total. The van der Waals surface area contributed by atoms with Crippen LogP contribution >= 0.6 is 7.81 Å². The number of rotatable bonds is 4. The predicted molar refractivity (Wildman–Crippen MR) is 143 cm³/mol. The summed E-state index contributed by atoms with van der Waals surface area (Å²) in [6.45, 7) is 3.70. The summed E-state index contributed by atoms with van der Waals surface area (Å²) in [7, 11) is -3.33. The van der Waals surface area contributed by atoms with Crippen LogP contribution in [0, 0.1) is 0 Å². The van der Waals surface area contributed by atoms with Crippen LogP contribution in [0.1, 0.15) is 25.2 Å². The molecule has 0 N–H and O–H groups in total. The maximum Gasteiger partial charge on any atom is 3.00 e. The molecule has 0 saturated heterocycles. The molecule has 2 aromatic heterocycles. The summed E-state index contributed by atoms with van der Waals surface area (Å²) >= 11 is 9.96. The van der Waals surface area contributed by atoms with Crippen LogP contribution in [0.5, 0.6) is 0 Å². The molecular formula is C20H26F6FeN8PS2. The molecule has 0 fully saturated rings. The second kappa shape index (κ2) is 15.2. The van der Waals surface area contributed by atoms with Crippen molar-refractivity contribution in [2.75, 3.05) is 28.2 Å². The van der Waals surface area contributed by atoms with Gasteiger partial charge in [0.15, 0.2) is 0 Å². The maximum absolute atomic E-state index is 10.7. The molecule has 0 atom stereocenters. The average Bonchev–Trinajstić information content (AvgIpc) is 2.79. The summed E-state index contributed by atoms with van der Waals surface area (Å²) in [6.07, 6.45) is 3.44. The predicted octanol–water partition coefficient (Wildman–Crippen LogP) is 5.92. The second-order valence-electron chi connectivity index (χ2n) is 7.31. The van der Waals surface area contributed by atoms with E-state index in [9.17, 15) is 25.2 Å². The minimum atomic E-state index is -10.7. The van der Waals surface area contributed by atoms with Gasteiger partial charge in [-0.15, -0.1) is 0 Å². The molecule has 2 heterocycles. The van der Waals surface area contributed by atoms with Crippen molar-refractivity contribution in [3.05, 3.63) is 60.2 Å². The Kier molecular flexibility index (Phi) is 15.1. The first-order chi connectivity index (χ1) is 16.7. The molecule has 0 aliphatic rings. The molecule has 18 heteroatoms. The zero-order valence-electron chi connectivity index (χ0n) is 21.1. The topological polar surface area (TPSA) is 81.7 Å². The Hall–Kier alpha value is -2.45. The minimum Gasteiger partial charge on any atom is 3.00 e. The van der Waals surface area contributed by atoms with Gasteiger partial charge in [-0.25, -0.2) is 0 Å². The van der Waals surface area contributed by atoms with Gasteiger partial charge >= 0.3 is 50.1 Å². The summed E-state index contributed by atoms with van der Waals surface area (Å²) in [4.78, 5) is 11.8. The molecule has 0 amide bonds. The second-order valence-corrected chi connectivity index (χ2v) is 9.96. The number of aromatic nitrogens is 2. The molecule has 2 rings (SSSR count). The van der Waals surface area contributed by atoms with Gasteiger partial charge in [-0.1, -0.05) is 12.1 Å². The van der Waals surface area contributed by atoms with Crippen LogP contribution in [0.3, 0.4) is 0 Å². The van der Waals surface area contributed by atoms with Crippen LogP contribution in [-0.4, -0.2) is 69.7 Å². The fourth-order valence-corrected chi connectivity index (χ4v) is 1.75.